The van der Waals surface area contributed by atoms with Gasteiger partial charge in [-0.2, -0.15) is 0 Å². The number of amides is 2. The minimum Gasteiger partial charge on any atom is -0.272 e. The number of benzene rings is 1. The van der Waals surface area contributed by atoms with Crippen molar-refractivity contribution in [1.29, 1.82) is 0 Å². The molecule has 0 aliphatic heterocycles. The molecule has 1 aliphatic rings. The number of thioether (sulfide) groups is 1. The highest BCUT2D eigenvalue weighted by Gasteiger charge is 2.20. The van der Waals surface area contributed by atoms with E-state index < -0.39 is 0 Å². The van der Waals surface area contributed by atoms with Crippen LogP contribution in [0.15, 0.2) is 41.7 Å². The van der Waals surface area contributed by atoms with E-state index in [2.05, 4.69) is 20.8 Å². The van der Waals surface area contributed by atoms with Crippen molar-refractivity contribution in [3.8, 4) is 0 Å². The summed E-state index contributed by atoms with van der Waals surface area (Å²) in [5.74, 6) is -0.448. The number of nitrogens with one attached hydrogen (secondary N) is 2. The third-order valence-electron chi connectivity index (χ3n) is 4.41. The van der Waals surface area contributed by atoms with Gasteiger partial charge < -0.3 is 0 Å². The molecule has 1 aromatic carbocycles. The Labute approximate surface area is 164 Å². The normalized spacial score (nSPS) is 13.2. The molecule has 2 heterocycles. The molecular formula is C19H18N4O2S2. The summed E-state index contributed by atoms with van der Waals surface area (Å²) < 4.78 is 0. The van der Waals surface area contributed by atoms with Crippen molar-refractivity contribution in [3.63, 3.8) is 0 Å². The van der Waals surface area contributed by atoms with Crippen LogP contribution in [0.3, 0.4) is 0 Å². The first-order valence-corrected chi connectivity index (χ1v) is 10.5. The Morgan fingerprint density at radius 3 is 2.74 bits per heavy atom. The number of fused-ring (bicyclic) bond motifs is 3. The van der Waals surface area contributed by atoms with Gasteiger partial charge in [0.05, 0.1) is 5.75 Å². The van der Waals surface area contributed by atoms with Crippen LogP contribution in [0.2, 0.25) is 0 Å². The van der Waals surface area contributed by atoms with Crippen LogP contribution < -0.4 is 10.9 Å². The molecule has 2 N–H and O–H groups in total. The number of carbonyl (C=O) groups excluding carboxylic acids is 2. The molecule has 0 unspecified atom stereocenters. The van der Waals surface area contributed by atoms with Crippen LogP contribution in [0.1, 0.15) is 33.6 Å². The molecule has 0 fully saturated rings. The lowest BCUT2D eigenvalue weighted by Crippen LogP contribution is -2.42. The molecule has 1 aliphatic carbocycles. The van der Waals surface area contributed by atoms with E-state index >= 15 is 0 Å². The van der Waals surface area contributed by atoms with E-state index in [1.807, 2.05) is 6.07 Å². The van der Waals surface area contributed by atoms with E-state index in [-0.39, 0.29) is 17.6 Å². The van der Waals surface area contributed by atoms with Crippen LogP contribution in [0.25, 0.3) is 10.2 Å². The summed E-state index contributed by atoms with van der Waals surface area (Å²) in [7, 11) is 0. The first-order valence-electron chi connectivity index (χ1n) is 8.74. The van der Waals surface area contributed by atoms with E-state index in [0.717, 1.165) is 28.1 Å². The summed E-state index contributed by atoms with van der Waals surface area (Å²) in [6.07, 6.45) is 6.12. The van der Waals surface area contributed by atoms with Crippen LogP contribution in [0.4, 0.5) is 0 Å². The van der Waals surface area contributed by atoms with Crippen molar-refractivity contribution in [1.82, 2.24) is 20.8 Å². The fourth-order valence-corrected chi connectivity index (χ4v) is 5.25. The first kappa shape index (κ1) is 17.9. The predicted octanol–water partition coefficient (Wildman–Crippen LogP) is 3.12. The van der Waals surface area contributed by atoms with Gasteiger partial charge in [-0.05, 0) is 43.4 Å². The number of aryl methyl sites for hydroxylation is 2. The predicted molar refractivity (Wildman–Crippen MR) is 107 cm³/mol. The maximum Gasteiger partial charge on any atom is 0.269 e. The summed E-state index contributed by atoms with van der Waals surface area (Å²) in [4.78, 5) is 35.3. The van der Waals surface area contributed by atoms with E-state index in [1.54, 1.807) is 41.9 Å². The zero-order valence-corrected chi connectivity index (χ0v) is 16.2. The third-order valence-corrected chi connectivity index (χ3v) is 6.60. The maximum absolute atomic E-state index is 12.1. The highest BCUT2D eigenvalue weighted by molar-refractivity contribution is 8.00. The van der Waals surface area contributed by atoms with Gasteiger partial charge in [0.2, 0.25) is 5.91 Å². The molecule has 4 rings (SSSR count). The molecule has 8 heteroatoms. The van der Waals surface area contributed by atoms with Crippen LogP contribution >= 0.6 is 23.1 Å². The Morgan fingerprint density at radius 1 is 1.07 bits per heavy atom. The van der Waals surface area contributed by atoms with Gasteiger partial charge in [-0.25, -0.2) is 9.97 Å². The van der Waals surface area contributed by atoms with E-state index in [9.17, 15) is 9.59 Å². The molecule has 0 radical (unpaired) electrons. The second kappa shape index (κ2) is 8.06. The number of carbonyl (C=O) groups is 2. The molecule has 3 aromatic rings. The molecule has 6 nitrogen and oxygen atoms in total. The van der Waals surface area contributed by atoms with Gasteiger partial charge in [0.25, 0.3) is 5.91 Å². The summed E-state index contributed by atoms with van der Waals surface area (Å²) >= 11 is 3.11. The number of aromatic nitrogens is 2. The maximum atomic E-state index is 12.1. The lowest BCUT2D eigenvalue weighted by atomic mass is 9.97. The summed E-state index contributed by atoms with van der Waals surface area (Å²) in [5, 5.41) is 1.94. The average molecular weight is 399 g/mol. The fraction of sp³-hybridized carbons (Fsp3) is 0.263. The fourth-order valence-electron chi connectivity index (χ4n) is 3.13. The van der Waals surface area contributed by atoms with Gasteiger partial charge >= 0.3 is 0 Å². The van der Waals surface area contributed by atoms with Gasteiger partial charge in [-0.3, -0.25) is 20.4 Å². The molecule has 0 saturated carbocycles. The van der Waals surface area contributed by atoms with Crippen molar-refractivity contribution in [2.24, 2.45) is 0 Å². The van der Waals surface area contributed by atoms with E-state index in [4.69, 9.17) is 0 Å². The second-order valence-corrected chi connectivity index (χ2v) is 8.27. The molecule has 0 spiro atoms. The van der Waals surface area contributed by atoms with Gasteiger partial charge in [-0.15, -0.1) is 11.3 Å². The van der Waals surface area contributed by atoms with E-state index in [0.29, 0.717) is 5.56 Å². The number of hydrazine groups is 1. The molecule has 27 heavy (non-hydrogen) atoms. The Bertz CT molecular complexity index is 988. The Hall–Kier alpha value is -2.45. The molecule has 138 valence electrons. The van der Waals surface area contributed by atoms with Gasteiger partial charge in [-0.1, -0.05) is 30.0 Å². The average Bonchev–Trinajstić information content (AvgIpc) is 3.10. The van der Waals surface area contributed by atoms with Crippen molar-refractivity contribution in [2.75, 3.05) is 5.75 Å². The van der Waals surface area contributed by atoms with Crippen molar-refractivity contribution in [3.05, 3.63) is 52.7 Å². The number of thiophene rings is 1. The molecule has 2 aromatic heterocycles. The highest BCUT2D eigenvalue weighted by Crippen LogP contribution is 2.39. The van der Waals surface area contributed by atoms with Crippen LogP contribution in [-0.2, 0) is 17.6 Å². The summed E-state index contributed by atoms with van der Waals surface area (Å²) in [5.41, 5.74) is 6.73. The SMILES string of the molecule is O=C(CSc1ncnc2sc3c(c12)CCCC3)NNC(=O)c1ccccc1. The molecule has 2 amide bonds. The zero-order valence-electron chi connectivity index (χ0n) is 14.5. The van der Waals surface area contributed by atoms with Crippen molar-refractivity contribution >= 4 is 45.1 Å². The summed E-state index contributed by atoms with van der Waals surface area (Å²) in [6.45, 7) is 0. The summed E-state index contributed by atoms with van der Waals surface area (Å²) in [6, 6.07) is 8.75. The molecule has 0 bridgehead atoms. The first-order chi connectivity index (χ1) is 13.2. The monoisotopic (exact) mass is 398 g/mol. The Balaban J connectivity index is 1.39. The lowest BCUT2D eigenvalue weighted by Gasteiger charge is -2.11. The van der Waals surface area contributed by atoms with Crippen LogP contribution in [0, 0.1) is 0 Å². The minimum absolute atomic E-state index is 0.172. The number of hydrogen-bond donors (Lipinski definition) is 2. The smallest absolute Gasteiger partial charge is 0.269 e. The number of hydrogen-bond acceptors (Lipinski definition) is 6. The van der Waals surface area contributed by atoms with Gasteiger partial charge in [0.1, 0.15) is 16.2 Å². The highest BCUT2D eigenvalue weighted by atomic mass is 32.2. The van der Waals surface area contributed by atoms with Crippen LogP contribution in [-0.4, -0.2) is 27.5 Å². The third kappa shape index (κ3) is 3.96. The molecular weight excluding hydrogens is 380 g/mol. The lowest BCUT2D eigenvalue weighted by molar-refractivity contribution is -0.119. The standard InChI is InChI=1S/C19H18N4O2S2/c24-15(22-23-17(25)12-6-2-1-3-7-12)10-26-18-16-13-8-4-5-9-14(13)27-19(16)21-11-20-18/h1-3,6-7,11H,4-5,8-10H2,(H,22,24)(H,23,25). The molecule has 0 atom stereocenters. The topological polar surface area (TPSA) is 84.0 Å². The number of nitrogens with zero attached hydrogens (tertiary/aromatic N) is 2. The van der Waals surface area contributed by atoms with E-state index in [1.165, 1.54) is 35.0 Å². The van der Waals surface area contributed by atoms with Gasteiger partial charge in [0, 0.05) is 15.8 Å². The quantitative estimate of drug-likeness (QED) is 0.401. The van der Waals surface area contributed by atoms with Crippen LogP contribution in [0.5, 0.6) is 0 Å². The Morgan fingerprint density at radius 2 is 1.89 bits per heavy atom. The zero-order chi connectivity index (χ0) is 18.6. The van der Waals surface area contributed by atoms with Gasteiger partial charge in [0.15, 0.2) is 0 Å². The Kier molecular flexibility index (Phi) is 5.35. The van der Waals surface area contributed by atoms with Crippen molar-refractivity contribution in [2.45, 2.75) is 30.7 Å². The largest absolute Gasteiger partial charge is 0.272 e. The number of rotatable bonds is 4. The second-order valence-electron chi connectivity index (χ2n) is 6.23. The van der Waals surface area contributed by atoms with Crippen molar-refractivity contribution < 1.29 is 9.59 Å². The molecule has 0 saturated heterocycles. The minimum atomic E-state index is -0.342.